The van der Waals surface area contributed by atoms with Crippen LogP contribution in [0.1, 0.15) is 38.2 Å². The summed E-state index contributed by atoms with van der Waals surface area (Å²) >= 11 is 6.24. The van der Waals surface area contributed by atoms with E-state index in [0.717, 1.165) is 5.56 Å². The lowest BCUT2D eigenvalue weighted by molar-refractivity contribution is -0.134. The van der Waals surface area contributed by atoms with Gasteiger partial charge in [-0.25, -0.2) is 18.2 Å². The smallest absolute Gasteiger partial charge is 0.247 e. The molecule has 0 saturated carbocycles. The molecule has 1 aromatic carbocycles. The summed E-state index contributed by atoms with van der Waals surface area (Å²) in [6.45, 7) is 4.34. The highest BCUT2D eigenvalue weighted by Gasteiger charge is 2.34. The van der Waals surface area contributed by atoms with E-state index in [-0.39, 0.29) is 17.6 Å². The number of hydrogen-bond acceptors (Lipinski definition) is 4. The first-order valence-electron chi connectivity index (χ1n) is 8.42. The molecule has 0 aromatic heterocycles. The minimum Gasteiger partial charge on any atom is -0.289 e. The molecule has 6 nitrogen and oxygen atoms in total. The van der Waals surface area contributed by atoms with Crippen molar-refractivity contribution < 1.29 is 18.4 Å². The standard InChI is InChI=1S/C17H25ClN2O4S/c1-12(2)15(17(21)19-22)11-25(23,24)20-9-7-13(8-10-20)14-5-3-4-6-16(14)18/h3-6,12-13,15,22H,7-11H2,1-2H3,(H,19,21). The lowest BCUT2D eigenvalue weighted by Gasteiger charge is -2.33. The maximum absolute atomic E-state index is 12.7. The predicted octanol–water partition coefficient (Wildman–Crippen LogP) is 2.63. The molecule has 0 aliphatic carbocycles. The van der Waals surface area contributed by atoms with Crippen LogP contribution in [0.15, 0.2) is 24.3 Å². The first-order valence-corrected chi connectivity index (χ1v) is 10.4. The number of hydroxylamine groups is 1. The molecule has 25 heavy (non-hydrogen) atoms. The number of carbonyl (C=O) groups excluding carboxylic acids is 1. The van der Waals surface area contributed by atoms with E-state index in [1.54, 1.807) is 19.3 Å². The zero-order valence-corrected chi connectivity index (χ0v) is 16.1. The summed E-state index contributed by atoms with van der Waals surface area (Å²) in [6.07, 6.45) is 1.39. The molecule has 8 heteroatoms. The Morgan fingerprint density at radius 3 is 2.44 bits per heavy atom. The second-order valence-corrected chi connectivity index (χ2v) is 9.22. The zero-order valence-electron chi connectivity index (χ0n) is 14.5. The molecule has 2 rings (SSSR count). The monoisotopic (exact) mass is 388 g/mol. The van der Waals surface area contributed by atoms with Gasteiger partial charge in [-0.15, -0.1) is 0 Å². The van der Waals surface area contributed by atoms with Gasteiger partial charge in [0.1, 0.15) is 0 Å². The fourth-order valence-corrected chi connectivity index (χ4v) is 5.50. The Bertz CT molecular complexity index is 700. The Morgan fingerprint density at radius 2 is 1.92 bits per heavy atom. The van der Waals surface area contributed by atoms with E-state index in [1.807, 2.05) is 24.3 Å². The maximum atomic E-state index is 12.7. The van der Waals surface area contributed by atoms with Crippen LogP contribution >= 0.6 is 11.6 Å². The highest BCUT2D eigenvalue weighted by Crippen LogP contribution is 2.33. The number of halogens is 1. The fourth-order valence-electron chi connectivity index (χ4n) is 3.24. The van der Waals surface area contributed by atoms with Crippen LogP contribution in [0.4, 0.5) is 0 Å². The lowest BCUT2D eigenvalue weighted by Crippen LogP contribution is -2.44. The van der Waals surface area contributed by atoms with Crippen molar-refractivity contribution in [2.24, 2.45) is 11.8 Å². The third kappa shape index (κ3) is 4.94. The first kappa shape index (κ1) is 20.2. The number of nitrogens with zero attached hydrogens (tertiary/aromatic N) is 1. The summed E-state index contributed by atoms with van der Waals surface area (Å²) in [4.78, 5) is 11.7. The van der Waals surface area contributed by atoms with Crippen molar-refractivity contribution in [3.05, 3.63) is 34.9 Å². The van der Waals surface area contributed by atoms with Gasteiger partial charge in [-0.05, 0) is 36.3 Å². The summed E-state index contributed by atoms with van der Waals surface area (Å²) < 4.78 is 26.8. The molecule has 2 N–H and O–H groups in total. The van der Waals surface area contributed by atoms with E-state index in [4.69, 9.17) is 16.8 Å². The van der Waals surface area contributed by atoms with E-state index in [0.29, 0.717) is 31.0 Å². The second kappa shape index (κ2) is 8.49. The number of piperidine rings is 1. The largest absolute Gasteiger partial charge is 0.289 e. The molecule has 1 aromatic rings. The average molecular weight is 389 g/mol. The third-order valence-corrected chi connectivity index (χ3v) is 7.11. The number of nitrogens with one attached hydrogen (secondary N) is 1. The molecular weight excluding hydrogens is 364 g/mol. The maximum Gasteiger partial charge on any atom is 0.247 e. The molecule has 0 bridgehead atoms. The molecule has 0 spiro atoms. The first-order chi connectivity index (χ1) is 11.8. The quantitative estimate of drug-likeness (QED) is 0.579. The number of sulfonamides is 1. The molecule has 1 fully saturated rings. The van der Waals surface area contributed by atoms with Crippen LogP contribution in [0.25, 0.3) is 0 Å². The molecule has 1 saturated heterocycles. The zero-order chi connectivity index (χ0) is 18.6. The molecule has 1 unspecified atom stereocenters. The van der Waals surface area contributed by atoms with Crippen LogP contribution < -0.4 is 5.48 Å². The lowest BCUT2D eigenvalue weighted by atomic mass is 9.90. The predicted molar refractivity (Wildman–Crippen MR) is 97.0 cm³/mol. The Morgan fingerprint density at radius 1 is 1.32 bits per heavy atom. The van der Waals surface area contributed by atoms with Gasteiger partial charge in [0.05, 0.1) is 11.7 Å². The molecule has 0 radical (unpaired) electrons. The highest BCUT2D eigenvalue weighted by molar-refractivity contribution is 7.89. The Hall–Kier alpha value is -1.15. The van der Waals surface area contributed by atoms with Crippen LogP contribution in [0.3, 0.4) is 0 Å². The van der Waals surface area contributed by atoms with Crippen molar-refractivity contribution in [3.63, 3.8) is 0 Å². The van der Waals surface area contributed by atoms with Crippen molar-refractivity contribution >= 4 is 27.5 Å². The van der Waals surface area contributed by atoms with Crippen LogP contribution in [-0.2, 0) is 14.8 Å². The molecule has 1 atom stereocenters. The van der Waals surface area contributed by atoms with Crippen LogP contribution in [0.5, 0.6) is 0 Å². The third-order valence-electron chi connectivity index (χ3n) is 4.83. The van der Waals surface area contributed by atoms with Crippen molar-refractivity contribution in [2.45, 2.75) is 32.6 Å². The van der Waals surface area contributed by atoms with E-state index < -0.39 is 21.8 Å². The fraction of sp³-hybridized carbons (Fsp3) is 0.588. The Balaban J connectivity index is 2.03. The minimum atomic E-state index is -3.57. The number of rotatable bonds is 6. The SMILES string of the molecule is CC(C)C(CS(=O)(=O)N1CCC(c2ccccc2Cl)CC1)C(=O)NO. The van der Waals surface area contributed by atoms with Crippen molar-refractivity contribution in [1.29, 1.82) is 0 Å². The molecule has 1 aliphatic rings. The van der Waals surface area contributed by atoms with E-state index in [9.17, 15) is 13.2 Å². The number of hydrogen-bond donors (Lipinski definition) is 2. The van der Waals surface area contributed by atoms with Gasteiger partial charge >= 0.3 is 0 Å². The van der Waals surface area contributed by atoms with Gasteiger partial charge in [-0.1, -0.05) is 43.6 Å². The Kier molecular flexibility index (Phi) is 6.85. The number of benzene rings is 1. The van der Waals surface area contributed by atoms with Gasteiger partial charge in [-0.3, -0.25) is 10.0 Å². The van der Waals surface area contributed by atoms with Gasteiger partial charge in [0.2, 0.25) is 15.9 Å². The van der Waals surface area contributed by atoms with Crippen LogP contribution in [0.2, 0.25) is 5.02 Å². The summed E-state index contributed by atoms with van der Waals surface area (Å²) in [5.41, 5.74) is 2.63. The molecule has 1 aliphatic heterocycles. The molecule has 1 heterocycles. The van der Waals surface area contributed by atoms with Gasteiger partial charge in [0.25, 0.3) is 0 Å². The van der Waals surface area contributed by atoms with Crippen LogP contribution in [-0.4, -0.2) is 42.7 Å². The van der Waals surface area contributed by atoms with Gasteiger partial charge in [-0.2, -0.15) is 0 Å². The Labute approximate surface area is 154 Å². The molecule has 1 amide bonds. The van der Waals surface area contributed by atoms with Crippen molar-refractivity contribution in [1.82, 2.24) is 9.79 Å². The van der Waals surface area contributed by atoms with Crippen molar-refractivity contribution in [2.75, 3.05) is 18.8 Å². The van der Waals surface area contributed by atoms with E-state index in [2.05, 4.69) is 0 Å². The van der Waals surface area contributed by atoms with Crippen molar-refractivity contribution in [3.8, 4) is 0 Å². The van der Waals surface area contributed by atoms with Gasteiger partial charge in [0.15, 0.2) is 0 Å². The van der Waals surface area contributed by atoms with E-state index >= 15 is 0 Å². The summed E-state index contributed by atoms with van der Waals surface area (Å²) in [6, 6.07) is 7.65. The average Bonchev–Trinajstić information content (AvgIpc) is 2.59. The summed E-state index contributed by atoms with van der Waals surface area (Å²) in [7, 11) is -3.57. The second-order valence-electron chi connectivity index (χ2n) is 6.80. The van der Waals surface area contributed by atoms with Gasteiger partial charge < -0.3 is 0 Å². The number of carbonyl (C=O) groups is 1. The van der Waals surface area contributed by atoms with Gasteiger partial charge in [0, 0.05) is 18.1 Å². The molecular formula is C17H25ClN2O4S. The summed E-state index contributed by atoms with van der Waals surface area (Å²) in [5.74, 6) is -1.70. The highest BCUT2D eigenvalue weighted by atomic mass is 35.5. The minimum absolute atomic E-state index is 0.192. The normalized spacial score (nSPS) is 18.3. The number of amides is 1. The summed E-state index contributed by atoms with van der Waals surface area (Å²) in [5, 5.41) is 9.54. The van der Waals surface area contributed by atoms with E-state index in [1.165, 1.54) is 4.31 Å². The van der Waals surface area contributed by atoms with Crippen LogP contribution in [0, 0.1) is 11.8 Å². The molecule has 140 valence electrons. The topological polar surface area (TPSA) is 86.7 Å².